The minimum atomic E-state index is -1.31. The Hall–Kier alpha value is -4.98. The third kappa shape index (κ3) is 9.18. The van der Waals surface area contributed by atoms with Crippen LogP contribution >= 0.6 is 0 Å². The number of benzene rings is 2. The number of aliphatic hydroxyl groups is 4. The molecule has 2 aliphatic rings. The van der Waals surface area contributed by atoms with Crippen LogP contribution < -0.4 is 21.3 Å². The van der Waals surface area contributed by atoms with Crippen LogP contribution in [0.2, 0.25) is 0 Å². The van der Waals surface area contributed by atoms with Gasteiger partial charge in [0.15, 0.2) is 0 Å². The summed E-state index contributed by atoms with van der Waals surface area (Å²) in [5, 5.41) is 55.3. The Balaban J connectivity index is 1.41. The number of carbonyl (C=O) groups is 4. The lowest BCUT2D eigenvalue weighted by Gasteiger charge is -2.31. The predicted molar refractivity (Wildman–Crippen MR) is 219 cm³/mol. The van der Waals surface area contributed by atoms with Gasteiger partial charge in [-0.1, -0.05) is 0 Å². The zero-order valence-electron chi connectivity index (χ0n) is 34.6. The number of aliphatic hydroxyl groups excluding tert-OH is 4. The molecule has 18 heteroatoms. The van der Waals surface area contributed by atoms with Crippen molar-refractivity contribution < 1.29 is 48.4 Å². The summed E-state index contributed by atoms with van der Waals surface area (Å²) in [6.45, 7) is 5.87. The fourth-order valence-electron chi connectivity index (χ4n) is 8.44. The van der Waals surface area contributed by atoms with E-state index in [-0.39, 0.29) is 38.8 Å². The van der Waals surface area contributed by atoms with E-state index >= 15 is 0 Å². The van der Waals surface area contributed by atoms with Crippen molar-refractivity contribution in [3.05, 3.63) is 59.2 Å². The number of halogens is 2. The van der Waals surface area contributed by atoms with Crippen LogP contribution in [0, 0.1) is 11.6 Å². The predicted octanol–water partition coefficient (Wildman–Crippen LogP) is 0.550. The quantitative estimate of drug-likeness (QED) is 0.0799. The maximum absolute atomic E-state index is 14.8. The average Bonchev–Trinajstić information content (AvgIpc) is 3.96. The van der Waals surface area contributed by atoms with E-state index in [2.05, 4.69) is 31.2 Å². The maximum atomic E-state index is 14.8. The molecule has 10 N–H and O–H groups in total. The lowest BCUT2D eigenvalue weighted by Crippen LogP contribution is -2.57. The highest BCUT2D eigenvalue weighted by atomic mass is 19.1. The molecule has 326 valence electrons. The van der Waals surface area contributed by atoms with Gasteiger partial charge in [-0.3, -0.25) is 19.2 Å². The van der Waals surface area contributed by atoms with Gasteiger partial charge in [0.1, 0.15) is 23.7 Å². The Morgan fingerprint density at radius 2 is 1.05 bits per heavy atom. The van der Waals surface area contributed by atoms with Crippen molar-refractivity contribution in [3.63, 3.8) is 0 Å². The first-order chi connectivity index (χ1) is 28.4. The normalized spacial score (nSPS) is 22.5. The van der Waals surface area contributed by atoms with Crippen LogP contribution in [0.1, 0.15) is 51.7 Å². The van der Waals surface area contributed by atoms with Crippen LogP contribution in [0.4, 0.5) is 8.78 Å². The molecule has 2 aliphatic heterocycles. The number of nitrogens with one attached hydrogen (secondary N) is 6. The standard InChI is InChI=1S/C42H56F2N8O8/c1-19(45-5)39(57)49-35(21(3)53)41(59)51-17-27(55)13-25(51)15-31-29-9-7-23(43)11-33(29)47-37(31)38-32(30-10-8-24(44)12-34(30)48-38)16-26-14-28(56)18-52(26)42(60)36(22(4)54)50-40(58)20(2)46-6/h7-12,19-22,25-28,35-36,45-48,53-56H,13-18H2,1-6H3,(H,49,57)(H,50,58)/t19-,20-,21+,22+,25-,26-,27-,28-,35-,36-/m0/s1. The van der Waals surface area contributed by atoms with Crippen molar-refractivity contribution in [1.82, 2.24) is 41.0 Å². The summed E-state index contributed by atoms with van der Waals surface area (Å²) >= 11 is 0. The summed E-state index contributed by atoms with van der Waals surface area (Å²) in [6, 6.07) is 3.24. The number of hydrogen-bond acceptors (Lipinski definition) is 10. The number of amides is 4. The molecule has 16 nitrogen and oxygen atoms in total. The molecule has 0 bridgehead atoms. The highest BCUT2D eigenvalue weighted by Gasteiger charge is 2.42. The van der Waals surface area contributed by atoms with E-state index in [1.807, 2.05) is 0 Å². The van der Waals surface area contributed by atoms with Crippen molar-refractivity contribution in [2.24, 2.45) is 0 Å². The SMILES string of the molecule is CN[C@@H](C)C(=O)N[C@H](C(=O)N1C[C@@H](O)C[C@H]1Cc1c(-c2[nH]c3cc(F)ccc3c2C[C@@H]2C[C@H](O)CN2C(=O)[C@@H](NC(=O)[C@H](C)NC)[C@@H](C)O)[nH]c2cc(F)ccc12)[C@@H](C)O. The molecule has 2 aromatic carbocycles. The molecule has 10 atom stereocenters. The molecule has 2 aromatic heterocycles. The van der Waals surface area contributed by atoms with E-state index < -0.39 is 95.9 Å². The van der Waals surface area contributed by atoms with Crippen LogP contribution in [-0.2, 0) is 32.0 Å². The lowest BCUT2D eigenvalue weighted by atomic mass is 9.94. The maximum Gasteiger partial charge on any atom is 0.248 e. The van der Waals surface area contributed by atoms with E-state index in [1.165, 1.54) is 47.9 Å². The first kappa shape index (κ1) is 44.6. The molecule has 0 radical (unpaired) electrons. The van der Waals surface area contributed by atoms with E-state index in [0.717, 1.165) is 0 Å². The molecular weight excluding hydrogens is 783 g/mol. The summed E-state index contributed by atoms with van der Waals surface area (Å²) in [5.74, 6) is -3.21. The number of rotatable bonds is 15. The Labute approximate surface area is 346 Å². The Bertz CT molecular complexity index is 2070. The Morgan fingerprint density at radius 1 is 0.683 bits per heavy atom. The number of H-pyrrole nitrogens is 2. The second-order valence-corrected chi connectivity index (χ2v) is 16.3. The minimum Gasteiger partial charge on any atom is -0.391 e. The molecule has 6 rings (SSSR count). The minimum absolute atomic E-state index is 0.0664. The fraction of sp³-hybridized carbons (Fsp3) is 0.524. The molecule has 0 spiro atoms. The van der Waals surface area contributed by atoms with Crippen molar-refractivity contribution in [1.29, 1.82) is 0 Å². The molecule has 60 heavy (non-hydrogen) atoms. The zero-order chi connectivity index (χ0) is 43.7. The van der Waals surface area contributed by atoms with Crippen LogP contribution in [0.3, 0.4) is 0 Å². The lowest BCUT2D eigenvalue weighted by molar-refractivity contribution is -0.140. The smallest absolute Gasteiger partial charge is 0.248 e. The van der Waals surface area contributed by atoms with Gasteiger partial charge in [0.05, 0.1) is 47.9 Å². The van der Waals surface area contributed by atoms with Gasteiger partial charge in [-0.2, -0.15) is 0 Å². The summed E-state index contributed by atoms with van der Waals surface area (Å²) < 4.78 is 29.6. The summed E-state index contributed by atoms with van der Waals surface area (Å²) in [6.07, 6.45) is -3.81. The second-order valence-electron chi connectivity index (χ2n) is 16.3. The van der Waals surface area contributed by atoms with Gasteiger partial charge in [-0.25, -0.2) is 8.78 Å². The van der Waals surface area contributed by atoms with Gasteiger partial charge < -0.3 is 61.5 Å². The van der Waals surface area contributed by atoms with Gasteiger partial charge in [0.25, 0.3) is 0 Å². The molecular formula is C42H56F2N8O8. The van der Waals surface area contributed by atoms with E-state index in [9.17, 15) is 48.4 Å². The zero-order valence-corrected chi connectivity index (χ0v) is 34.6. The molecule has 2 fully saturated rings. The van der Waals surface area contributed by atoms with E-state index in [1.54, 1.807) is 40.1 Å². The van der Waals surface area contributed by atoms with Gasteiger partial charge in [-0.15, -0.1) is 0 Å². The first-order valence-electron chi connectivity index (χ1n) is 20.3. The van der Waals surface area contributed by atoms with Crippen molar-refractivity contribution in [2.45, 2.75) is 114 Å². The monoisotopic (exact) mass is 838 g/mol. The number of aromatic nitrogens is 2. The molecule has 0 aliphatic carbocycles. The molecule has 0 unspecified atom stereocenters. The van der Waals surface area contributed by atoms with Crippen molar-refractivity contribution in [2.75, 3.05) is 27.2 Å². The molecule has 4 amide bonds. The average molecular weight is 839 g/mol. The van der Waals surface area contributed by atoms with Crippen LogP contribution in [-0.4, -0.2) is 152 Å². The van der Waals surface area contributed by atoms with E-state index in [0.29, 0.717) is 44.3 Å². The van der Waals surface area contributed by atoms with Crippen molar-refractivity contribution >= 4 is 45.4 Å². The number of fused-ring (bicyclic) bond motifs is 2. The number of carbonyl (C=O) groups excluding carboxylic acids is 4. The largest absolute Gasteiger partial charge is 0.391 e. The third-order valence-electron chi connectivity index (χ3n) is 12.0. The van der Waals surface area contributed by atoms with Crippen LogP contribution in [0.5, 0.6) is 0 Å². The molecule has 4 aromatic rings. The summed E-state index contributed by atoms with van der Waals surface area (Å²) in [7, 11) is 3.18. The summed E-state index contributed by atoms with van der Waals surface area (Å²) in [5.41, 5.74) is 3.05. The van der Waals surface area contributed by atoms with Gasteiger partial charge in [0, 0.05) is 47.0 Å². The second kappa shape index (κ2) is 18.3. The first-order valence-corrected chi connectivity index (χ1v) is 20.3. The Kier molecular flexibility index (Phi) is 13.6. The number of nitrogens with zero attached hydrogens (tertiary/aromatic N) is 2. The molecule has 0 saturated carbocycles. The van der Waals surface area contributed by atoms with E-state index in [4.69, 9.17) is 0 Å². The highest BCUT2D eigenvalue weighted by Crippen LogP contribution is 2.40. The topological polar surface area (TPSA) is 235 Å². The number of likely N-dealkylation sites (tertiary alicyclic amines) is 2. The van der Waals surface area contributed by atoms with Gasteiger partial charge in [-0.05, 0) is 115 Å². The molecule has 4 heterocycles. The fourth-order valence-corrected chi connectivity index (χ4v) is 8.44. The molecule has 2 saturated heterocycles. The van der Waals surface area contributed by atoms with Gasteiger partial charge >= 0.3 is 0 Å². The number of hydrogen-bond donors (Lipinski definition) is 10. The number of β-amino-alcohol motifs (C(OH)–C–C–N with tert-alkyl or cyclic N) is 2. The number of likely N-dealkylation sites (N-methyl/N-ethyl adjacent to an activating group) is 2. The third-order valence-corrected chi connectivity index (χ3v) is 12.0. The van der Waals surface area contributed by atoms with Crippen LogP contribution in [0.25, 0.3) is 33.2 Å². The number of aromatic amines is 2. The summed E-state index contributed by atoms with van der Waals surface area (Å²) in [4.78, 5) is 63.4. The Morgan fingerprint density at radius 3 is 1.38 bits per heavy atom. The van der Waals surface area contributed by atoms with Gasteiger partial charge in [0.2, 0.25) is 23.6 Å². The van der Waals surface area contributed by atoms with Crippen LogP contribution in [0.15, 0.2) is 36.4 Å². The van der Waals surface area contributed by atoms with Crippen molar-refractivity contribution in [3.8, 4) is 11.4 Å². The highest BCUT2D eigenvalue weighted by molar-refractivity contribution is 5.97.